The summed E-state index contributed by atoms with van der Waals surface area (Å²) < 4.78 is 3.80. The third-order valence-electron chi connectivity index (χ3n) is 4.94. The number of carbonyl (C=O) groups is 1. The molecule has 4 heteroatoms. The molecule has 1 amide bonds. The topological polar surface area (TPSA) is 29.1 Å². The molecule has 1 aromatic carbocycles. The molecule has 1 aromatic heterocycles. The van der Waals surface area contributed by atoms with Crippen LogP contribution in [0.5, 0.6) is 0 Å². The molecule has 0 saturated heterocycles. The molecule has 22 heavy (non-hydrogen) atoms. The first-order valence-corrected chi connectivity index (χ1v) is 7.83. The third-order valence-corrected chi connectivity index (χ3v) is 4.94. The lowest BCUT2D eigenvalue weighted by molar-refractivity contribution is -0.681. The summed E-state index contributed by atoms with van der Waals surface area (Å²) in [6, 6.07) is 8.68. The maximum atomic E-state index is 12.2. The van der Waals surface area contributed by atoms with Gasteiger partial charge >= 0.3 is 6.03 Å². The summed E-state index contributed by atoms with van der Waals surface area (Å²) in [7, 11) is 5.60. The predicted molar refractivity (Wildman–Crippen MR) is 85.9 cm³/mol. The lowest BCUT2D eigenvalue weighted by atomic mass is 9.79. The zero-order valence-corrected chi connectivity index (χ0v) is 13.8. The summed E-state index contributed by atoms with van der Waals surface area (Å²) in [5.41, 5.74) is 4.21. The Hall–Kier alpha value is -2.10. The highest BCUT2D eigenvalue weighted by atomic mass is 16.2. The molecule has 0 spiro atoms. The number of imidazole rings is 1. The molecular weight excluding hydrogens is 274 g/mol. The van der Waals surface area contributed by atoms with Crippen molar-refractivity contribution in [1.29, 1.82) is 0 Å². The van der Waals surface area contributed by atoms with E-state index < -0.39 is 0 Å². The van der Waals surface area contributed by atoms with Gasteiger partial charge in [0.25, 0.3) is 6.33 Å². The Bertz CT molecular complexity index is 690. The van der Waals surface area contributed by atoms with Crippen LogP contribution in [0.3, 0.4) is 0 Å². The first kappa shape index (κ1) is 14.8. The zero-order valence-electron chi connectivity index (χ0n) is 13.8. The highest BCUT2D eigenvalue weighted by Crippen LogP contribution is 2.40. The summed E-state index contributed by atoms with van der Waals surface area (Å²) in [6.07, 6.45) is 7.06. The number of carbonyl (C=O) groups excluding carboxylic acids is 1. The Morgan fingerprint density at radius 1 is 1.27 bits per heavy atom. The first-order chi connectivity index (χ1) is 10.5. The quantitative estimate of drug-likeness (QED) is 0.782. The van der Waals surface area contributed by atoms with E-state index in [-0.39, 0.29) is 11.4 Å². The predicted octanol–water partition coefficient (Wildman–Crippen LogP) is 2.29. The van der Waals surface area contributed by atoms with Crippen molar-refractivity contribution in [2.75, 3.05) is 14.1 Å². The molecule has 0 saturated carbocycles. The largest absolute Gasteiger partial charge is 0.415 e. The molecule has 0 atom stereocenters. The molecule has 0 unspecified atom stereocenters. The minimum atomic E-state index is -0.0105. The van der Waals surface area contributed by atoms with Crippen LogP contribution in [0.4, 0.5) is 4.79 Å². The second-order valence-corrected chi connectivity index (χ2v) is 6.58. The summed E-state index contributed by atoms with van der Waals surface area (Å²) in [5.74, 6) is 0. The highest BCUT2D eigenvalue weighted by Gasteiger charge is 2.42. The number of amides is 1. The molecule has 116 valence electrons. The zero-order chi connectivity index (χ0) is 15.9. The number of hydrogen-bond donors (Lipinski definition) is 0. The number of aryl methyl sites for hydroxylation is 1. The van der Waals surface area contributed by atoms with Crippen LogP contribution < -0.4 is 4.57 Å². The van der Waals surface area contributed by atoms with Gasteiger partial charge in [-0.25, -0.2) is 9.36 Å². The van der Waals surface area contributed by atoms with Crippen molar-refractivity contribution in [3.05, 3.63) is 53.6 Å². The molecular formula is C18H24N3O+. The van der Waals surface area contributed by atoms with E-state index >= 15 is 0 Å². The van der Waals surface area contributed by atoms with Crippen molar-refractivity contribution >= 4 is 6.03 Å². The summed E-state index contributed by atoms with van der Waals surface area (Å²) in [5, 5.41) is 0. The Balaban J connectivity index is 2.01. The standard InChI is InChI=1S/C18H24N3O/c1-5-18(10-14-8-6-7-9-15(14)11-18)16-12-21(13-20(16)4)17(22)19(2)3/h6-9,12-13H,5,10-11H2,1-4H3/q+1. The molecule has 4 nitrogen and oxygen atoms in total. The SMILES string of the molecule is CCC1(c2cn(C(=O)N(C)C)c[n+]2C)Cc2ccccc2C1. The summed E-state index contributed by atoms with van der Waals surface area (Å²) in [4.78, 5) is 13.8. The summed E-state index contributed by atoms with van der Waals surface area (Å²) >= 11 is 0. The minimum absolute atomic E-state index is 0.0105. The molecule has 1 heterocycles. The van der Waals surface area contributed by atoms with Gasteiger partial charge in [-0.15, -0.1) is 0 Å². The molecule has 3 rings (SSSR count). The Morgan fingerprint density at radius 2 is 1.86 bits per heavy atom. The first-order valence-electron chi connectivity index (χ1n) is 7.83. The van der Waals surface area contributed by atoms with Crippen molar-refractivity contribution in [2.45, 2.75) is 31.6 Å². The average Bonchev–Trinajstić information content (AvgIpc) is 3.07. The van der Waals surface area contributed by atoms with Crippen molar-refractivity contribution in [2.24, 2.45) is 7.05 Å². The minimum Gasteiger partial charge on any atom is -0.310 e. The van der Waals surface area contributed by atoms with Gasteiger partial charge in [-0.3, -0.25) is 0 Å². The van der Waals surface area contributed by atoms with Gasteiger partial charge in [0.2, 0.25) is 0 Å². The maximum Gasteiger partial charge on any atom is 0.415 e. The van der Waals surface area contributed by atoms with Gasteiger partial charge in [-0.2, -0.15) is 4.57 Å². The highest BCUT2D eigenvalue weighted by molar-refractivity contribution is 5.76. The smallest absolute Gasteiger partial charge is 0.310 e. The lowest BCUT2D eigenvalue weighted by Crippen LogP contribution is -2.41. The van der Waals surface area contributed by atoms with Crippen LogP contribution in [0.1, 0.15) is 30.2 Å². The molecule has 1 aliphatic rings. The van der Waals surface area contributed by atoms with Crippen molar-refractivity contribution < 1.29 is 9.36 Å². The van der Waals surface area contributed by atoms with Crippen molar-refractivity contribution in [3.63, 3.8) is 0 Å². The van der Waals surface area contributed by atoms with Gasteiger partial charge in [0.1, 0.15) is 11.9 Å². The fraction of sp³-hybridized carbons (Fsp3) is 0.444. The van der Waals surface area contributed by atoms with E-state index in [0.717, 1.165) is 19.3 Å². The van der Waals surface area contributed by atoms with Crippen LogP contribution >= 0.6 is 0 Å². The molecule has 0 aliphatic heterocycles. The molecule has 0 bridgehead atoms. The number of aromatic nitrogens is 2. The number of nitrogens with zero attached hydrogens (tertiary/aromatic N) is 3. The number of fused-ring (bicyclic) bond motifs is 1. The number of rotatable bonds is 2. The molecule has 0 fully saturated rings. The monoisotopic (exact) mass is 298 g/mol. The summed E-state index contributed by atoms with van der Waals surface area (Å²) in [6.45, 7) is 2.25. The average molecular weight is 298 g/mol. The second kappa shape index (κ2) is 5.27. The van der Waals surface area contributed by atoms with Crippen molar-refractivity contribution in [1.82, 2.24) is 9.47 Å². The van der Waals surface area contributed by atoms with Gasteiger partial charge in [0.05, 0.1) is 7.05 Å². The number of benzene rings is 1. The van der Waals surface area contributed by atoms with E-state index in [9.17, 15) is 4.79 Å². The van der Waals surface area contributed by atoms with E-state index in [4.69, 9.17) is 0 Å². The fourth-order valence-corrected chi connectivity index (χ4v) is 3.66. The van der Waals surface area contributed by atoms with Crippen LogP contribution in [0.25, 0.3) is 0 Å². The third kappa shape index (κ3) is 2.23. The van der Waals surface area contributed by atoms with Crippen LogP contribution in [0, 0.1) is 0 Å². The van der Waals surface area contributed by atoms with E-state index in [1.54, 1.807) is 23.6 Å². The van der Waals surface area contributed by atoms with E-state index in [1.165, 1.54) is 16.8 Å². The van der Waals surface area contributed by atoms with Crippen LogP contribution in [-0.2, 0) is 25.3 Å². The Kier molecular flexibility index (Phi) is 3.55. The second-order valence-electron chi connectivity index (χ2n) is 6.58. The van der Waals surface area contributed by atoms with Gasteiger partial charge in [0.15, 0.2) is 0 Å². The molecule has 2 aromatic rings. The molecule has 0 N–H and O–H groups in total. The normalized spacial score (nSPS) is 15.6. The van der Waals surface area contributed by atoms with Gasteiger partial charge in [0, 0.05) is 19.5 Å². The van der Waals surface area contributed by atoms with Gasteiger partial charge in [-0.05, 0) is 30.4 Å². The van der Waals surface area contributed by atoms with Gasteiger partial charge in [-0.1, -0.05) is 31.2 Å². The number of hydrogen-bond acceptors (Lipinski definition) is 1. The van der Waals surface area contributed by atoms with Crippen molar-refractivity contribution in [3.8, 4) is 0 Å². The van der Waals surface area contributed by atoms with E-state index in [1.807, 2.05) is 19.6 Å². The Labute approximate surface area is 132 Å². The van der Waals surface area contributed by atoms with Gasteiger partial charge < -0.3 is 4.90 Å². The maximum absolute atomic E-state index is 12.2. The van der Waals surface area contributed by atoms with E-state index in [2.05, 4.69) is 35.8 Å². The Morgan fingerprint density at radius 3 is 2.36 bits per heavy atom. The van der Waals surface area contributed by atoms with Crippen LogP contribution in [-0.4, -0.2) is 29.6 Å². The van der Waals surface area contributed by atoms with Crippen LogP contribution in [0.2, 0.25) is 0 Å². The molecule has 1 aliphatic carbocycles. The van der Waals surface area contributed by atoms with Crippen LogP contribution in [0.15, 0.2) is 36.8 Å². The fourth-order valence-electron chi connectivity index (χ4n) is 3.66. The lowest BCUT2D eigenvalue weighted by Gasteiger charge is -2.24. The van der Waals surface area contributed by atoms with E-state index in [0.29, 0.717) is 0 Å². The molecule has 0 radical (unpaired) electrons.